The summed E-state index contributed by atoms with van der Waals surface area (Å²) in [6.45, 7) is 4.47. The van der Waals surface area contributed by atoms with Crippen molar-refractivity contribution in [1.82, 2.24) is 15.5 Å². The van der Waals surface area contributed by atoms with Gasteiger partial charge in [-0.1, -0.05) is 19.3 Å². The van der Waals surface area contributed by atoms with Gasteiger partial charge >= 0.3 is 0 Å². The molecule has 6 heteroatoms. The highest BCUT2D eigenvalue weighted by molar-refractivity contribution is 5.87. The fourth-order valence-corrected chi connectivity index (χ4v) is 3.94. The van der Waals surface area contributed by atoms with E-state index in [4.69, 9.17) is 0 Å². The Morgan fingerprint density at radius 1 is 1.04 bits per heavy atom. The van der Waals surface area contributed by atoms with E-state index in [-0.39, 0.29) is 24.2 Å². The van der Waals surface area contributed by atoms with Gasteiger partial charge in [0.1, 0.15) is 6.04 Å². The van der Waals surface area contributed by atoms with E-state index in [0.717, 1.165) is 45.3 Å². The van der Waals surface area contributed by atoms with Crippen molar-refractivity contribution in [3.8, 4) is 0 Å². The number of rotatable bonds is 6. The van der Waals surface area contributed by atoms with Gasteiger partial charge in [-0.25, -0.2) is 0 Å². The number of halogens is 1. The molecule has 5 nitrogen and oxygen atoms in total. The maximum Gasteiger partial charge on any atom is 0.244 e. The number of carbonyl (C=O) groups excluding carboxylic acids is 2. The normalized spacial score (nSPS) is 21.0. The van der Waals surface area contributed by atoms with E-state index in [0.29, 0.717) is 18.3 Å². The lowest BCUT2D eigenvalue weighted by atomic mass is 9.87. The van der Waals surface area contributed by atoms with Crippen LogP contribution in [0, 0.1) is 11.8 Å². The minimum Gasteiger partial charge on any atom is -0.345 e. The lowest BCUT2D eigenvalue weighted by Gasteiger charge is -2.33. The van der Waals surface area contributed by atoms with E-state index in [9.17, 15) is 9.59 Å². The van der Waals surface area contributed by atoms with Gasteiger partial charge in [0.25, 0.3) is 0 Å². The Morgan fingerprint density at radius 2 is 1.67 bits per heavy atom. The summed E-state index contributed by atoms with van der Waals surface area (Å²) >= 11 is 0. The molecule has 0 aromatic rings. The van der Waals surface area contributed by atoms with Crippen molar-refractivity contribution < 1.29 is 9.59 Å². The van der Waals surface area contributed by atoms with Gasteiger partial charge in [0, 0.05) is 19.5 Å². The largest absolute Gasteiger partial charge is 0.345 e. The van der Waals surface area contributed by atoms with E-state index < -0.39 is 6.04 Å². The molecule has 140 valence electrons. The number of amides is 2. The van der Waals surface area contributed by atoms with Gasteiger partial charge in [0.15, 0.2) is 0 Å². The zero-order valence-electron chi connectivity index (χ0n) is 15.2. The molecule has 2 N–H and O–H groups in total. The maximum atomic E-state index is 12.5. The van der Waals surface area contributed by atoms with Gasteiger partial charge in [0.05, 0.1) is 0 Å². The Labute approximate surface area is 152 Å². The summed E-state index contributed by atoms with van der Waals surface area (Å²) in [7, 11) is 1.97. The number of hydrogen-bond donors (Lipinski definition) is 2. The Morgan fingerprint density at radius 3 is 2.25 bits per heavy atom. The second-order valence-corrected chi connectivity index (χ2v) is 7.32. The molecule has 0 spiro atoms. The van der Waals surface area contributed by atoms with Crippen LogP contribution in [-0.2, 0) is 9.59 Å². The monoisotopic (exact) mass is 359 g/mol. The van der Waals surface area contributed by atoms with Crippen LogP contribution in [0.4, 0.5) is 0 Å². The quantitative estimate of drug-likeness (QED) is 0.765. The summed E-state index contributed by atoms with van der Waals surface area (Å²) in [6, 6.07) is -0.396. The molecule has 1 saturated heterocycles. The number of likely N-dealkylation sites (tertiary alicyclic amines) is 1. The number of nitrogens with one attached hydrogen (secondary N) is 2. The molecule has 0 bridgehead atoms. The van der Waals surface area contributed by atoms with Gasteiger partial charge in [-0.15, -0.1) is 12.4 Å². The van der Waals surface area contributed by atoms with Gasteiger partial charge in [0.2, 0.25) is 11.8 Å². The molecular weight excluding hydrogens is 326 g/mol. The topological polar surface area (TPSA) is 61.4 Å². The van der Waals surface area contributed by atoms with E-state index >= 15 is 0 Å². The van der Waals surface area contributed by atoms with Crippen LogP contribution in [0.5, 0.6) is 0 Å². The molecule has 24 heavy (non-hydrogen) atoms. The van der Waals surface area contributed by atoms with E-state index in [1.54, 1.807) is 0 Å². The highest BCUT2D eigenvalue weighted by Gasteiger charge is 2.27. The molecule has 1 aliphatic carbocycles. The standard InChI is InChI=1S/C18H33N3O2.ClH/c1-14(20-17(22)12-15-6-4-3-5-7-15)18(23)21-10-8-16(9-11-21)13-19-2;/h14-16,19H,3-13H2,1-2H3,(H,20,22);1H. The van der Waals surface area contributed by atoms with Crippen molar-refractivity contribution >= 4 is 24.2 Å². The van der Waals surface area contributed by atoms with Crippen molar-refractivity contribution in [3.05, 3.63) is 0 Å². The first-order chi connectivity index (χ1) is 11.1. The fourth-order valence-electron chi connectivity index (χ4n) is 3.94. The predicted molar refractivity (Wildman–Crippen MR) is 99.3 cm³/mol. The van der Waals surface area contributed by atoms with Crippen LogP contribution < -0.4 is 10.6 Å². The molecule has 1 heterocycles. The van der Waals surface area contributed by atoms with Crippen LogP contribution >= 0.6 is 12.4 Å². The van der Waals surface area contributed by atoms with Crippen LogP contribution in [0.15, 0.2) is 0 Å². The van der Waals surface area contributed by atoms with Crippen LogP contribution in [0.3, 0.4) is 0 Å². The van der Waals surface area contributed by atoms with E-state index in [1.807, 2.05) is 18.9 Å². The summed E-state index contributed by atoms with van der Waals surface area (Å²) in [6.07, 6.45) is 8.80. The summed E-state index contributed by atoms with van der Waals surface area (Å²) in [4.78, 5) is 26.6. The lowest BCUT2D eigenvalue weighted by molar-refractivity contribution is -0.137. The Kier molecular flexibility index (Phi) is 9.67. The molecule has 1 unspecified atom stereocenters. The molecule has 2 fully saturated rings. The smallest absolute Gasteiger partial charge is 0.244 e. The second kappa shape index (κ2) is 10.9. The van der Waals surface area contributed by atoms with E-state index in [1.165, 1.54) is 19.3 Å². The average molecular weight is 360 g/mol. The highest BCUT2D eigenvalue weighted by atomic mass is 35.5. The van der Waals surface area contributed by atoms with Crippen LogP contribution in [0.2, 0.25) is 0 Å². The molecule has 1 atom stereocenters. The number of piperidine rings is 1. The van der Waals surface area contributed by atoms with Crippen molar-refractivity contribution in [2.24, 2.45) is 11.8 Å². The summed E-state index contributed by atoms with van der Waals surface area (Å²) in [5.41, 5.74) is 0. The first kappa shape index (κ1) is 21.2. The molecule has 1 aliphatic heterocycles. The summed E-state index contributed by atoms with van der Waals surface area (Å²) in [5.74, 6) is 1.30. The van der Waals surface area contributed by atoms with Crippen molar-refractivity contribution in [1.29, 1.82) is 0 Å². The van der Waals surface area contributed by atoms with Crippen LogP contribution in [0.25, 0.3) is 0 Å². The van der Waals surface area contributed by atoms with Gasteiger partial charge in [-0.3, -0.25) is 9.59 Å². The van der Waals surface area contributed by atoms with Crippen molar-refractivity contribution in [3.63, 3.8) is 0 Å². The Hall–Kier alpha value is -0.810. The Balaban J connectivity index is 0.00000288. The number of hydrogen-bond acceptors (Lipinski definition) is 3. The first-order valence-electron chi connectivity index (χ1n) is 9.33. The predicted octanol–water partition coefficient (Wildman–Crippen LogP) is 2.34. The van der Waals surface area contributed by atoms with Crippen molar-refractivity contribution in [2.45, 2.75) is 64.3 Å². The third kappa shape index (κ3) is 6.60. The molecule has 1 saturated carbocycles. The molecule has 2 amide bonds. The fraction of sp³-hybridized carbons (Fsp3) is 0.889. The maximum absolute atomic E-state index is 12.5. The number of nitrogens with zero attached hydrogens (tertiary/aromatic N) is 1. The van der Waals surface area contributed by atoms with E-state index in [2.05, 4.69) is 10.6 Å². The average Bonchev–Trinajstić information content (AvgIpc) is 2.56. The number of carbonyl (C=O) groups is 2. The molecule has 2 rings (SSSR count). The minimum atomic E-state index is -0.396. The summed E-state index contributed by atoms with van der Waals surface area (Å²) in [5, 5.41) is 6.13. The van der Waals surface area contributed by atoms with Crippen molar-refractivity contribution in [2.75, 3.05) is 26.7 Å². The lowest BCUT2D eigenvalue weighted by Crippen LogP contribution is -2.50. The summed E-state index contributed by atoms with van der Waals surface area (Å²) < 4.78 is 0. The first-order valence-corrected chi connectivity index (χ1v) is 9.33. The molecular formula is C18H34ClN3O2. The zero-order valence-corrected chi connectivity index (χ0v) is 16.0. The third-order valence-corrected chi connectivity index (χ3v) is 5.37. The van der Waals surface area contributed by atoms with Crippen LogP contribution in [-0.4, -0.2) is 49.4 Å². The third-order valence-electron chi connectivity index (χ3n) is 5.37. The van der Waals surface area contributed by atoms with Crippen LogP contribution in [0.1, 0.15) is 58.3 Å². The molecule has 0 radical (unpaired) electrons. The Bertz CT molecular complexity index is 392. The second-order valence-electron chi connectivity index (χ2n) is 7.32. The van der Waals surface area contributed by atoms with Gasteiger partial charge in [-0.05, 0) is 58.0 Å². The zero-order chi connectivity index (χ0) is 16.7. The minimum absolute atomic E-state index is 0. The molecule has 2 aliphatic rings. The SMILES string of the molecule is CNCC1CCN(C(=O)C(C)NC(=O)CC2CCCCC2)CC1.Cl. The molecule has 0 aromatic heterocycles. The molecule has 0 aromatic carbocycles. The van der Waals surface area contributed by atoms with Gasteiger partial charge in [-0.2, -0.15) is 0 Å². The highest BCUT2D eigenvalue weighted by Crippen LogP contribution is 2.26. The van der Waals surface area contributed by atoms with Gasteiger partial charge < -0.3 is 15.5 Å².